The van der Waals surface area contributed by atoms with Crippen LogP contribution in [0.1, 0.15) is 0 Å². The van der Waals surface area contributed by atoms with Gasteiger partial charge in [-0.05, 0) is 64.4 Å². The lowest BCUT2D eigenvalue weighted by Gasteiger charge is -2.10. The third kappa shape index (κ3) is 3.42. The van der Waals surface area contributed by atoms with Crippen molar-refractivity contribution >= 4 is 54.6 Å². The summed E-state index contributed by atoms with van der Waals surface area (Å²) in [5.41, 5.74) is 9.80. The Hall–Kier alpha value is -5.74. The summed E-state index contributed by atoms with van der Waals surface area (Å²) in [6, 6.07) is 47.0. The molecular formula is C38H23N3O. The highest BCUT2D eigenvalue weighted by molar-refractivity contribution is 6.10. The number of benzene rings is 6. The molecule has 0 bridgehead atoms. The number of aromatic nitrogens is 3. The molecule has 0 aliphatic rings. The lowest BCUT2D eigenvalue weighted by Crippen LogP contribution is -1.95. The Kier molecular flexibility index (Phi) is 4.87. The maximum atomic E-state index is 6.44. The first-order valence-corrected chi connectivity index (χ1v) is 14.1. The Morgan fingerprint density at radius 3 is 2.05 bits per heavy atom. The highest BCUT2D eigenvalue weighted by Gasteiger charge is 2.17. The van der Waals surface area contributed by atoms with Gasteiger partial charge >= 0.3 is 0 Å². The van der Waals surface area contributed by atoms with Crippen LogP contribution in [0.4, 0.5) is 0 Å². The molecule has 0 amide bonds. The molecule has 9 rings (SSSR count). The van der Waals surface area contributed by atoms with Crippen LogP contribution in [0.3, 0.4) is 0 Å². The van der Waals surface area contributed by atoms with E-state index in [0.717, 1.165) is 44.6 Å². The summed E-state index contributed by atoms with van der Waals surface area (Å²) in [6.07, 6.45) is 1.64. The highest BCUT2D eigenvalue weighted by atomic mass is 16.3. The lowest BCUT2D eigenvalue weighted by molar-refractivity contribution is 0.667. The Morgan fingerprint density at radius 1 is 0.500 bits per heavy atom. The van der Waals surface area contributed by atoms with E-state index in [1.54, 1.807) is 6.33 Å². The minimum absolute atomic E-state index is 0.697. The number of furan rings is 1. The topological polar surface area (TPSA) is 43.9 Å². The van der Waals surface area contributed by atoms with E-state index in [4.69, 9.17) is 9.40 Å². The van der Waals surface area contributed by atoms with Crippen LogP contribution in [0.25, 0.3) is 82.7 Å². The number of para-hydroxylation sites is 2. The van der Waals surface area contributed by atoms with Gasteiger partial charge in [-0.2, -0.15) is 0 Å². The van der Waals surface area contributed by atoms with Crippen LogP contribution >= 0.6 is 0 Å². The van der Waals surface area contributed by atoms with Gasteiger partial charge in [0.15, 0.2) is 5.58 Å². The second-order valence-corrected chi connectivity index (χ2v) is 10.7. The third-order valence-electron chi connectivity index (χ3n) is 8.29. The van der Waals surface area contributed by atoms with E-state index in [9.17, 15) is 0 Å². The quantitative estimate of drug-likeness (QED) is 0.225. The molecule has 196 valence electrons. The first kappa shape index (κ1) is 23.0. The van der Waals surface area contributed by atoms with Crippen LogP contribution in [-0.2, 0) is 0 Å². The summed E-state index contributed by atoms with van der Waals surface area (Å²) in [6.45, 7) is 0. The van der Waals surface area contributed by atoms with Gasteiger partial charge in [-0.3, -0.25) is 0 Å². The summed E-state index contributed by atoms with van der Waals surface area (Å²) >= 11 is 0. The van der Waals surface area contributed by atoms with Gasteiger partial charge in [0.1, 0.15) is 23.1 Å². The number of fused-ring (bicyclic) bond motifs is 7. The molecule has 4 heteroatoms. The molecule has 0 aliphatic carbocycles. The molecule has 0 radical (unpaired) electrons. The van der Waals surface area contributed by atoms with Gasteiger partial charge in [-0.25, -0.2) is 9.97 Å². The van der Waals surface area contributed by atoms with E-state index < -0.39 is 0 Å². The van der Waals surface area contributed by atoms with Crippen molar-refractivity contribution in [2.45, 2.75) is 0 Å². The predicted molar refractivity (Wildman–Crippen MR) is 172 cm³/mol. The van der Waals surface area contributed by atoms with Crippen molar-refractivity contribution in [3.8, 4) is 28.1 Å². The molecule has 4 nitrogen and oxygen atoms in total. The third-order valence-corrected chi connectivity index (χ3v) is 8.29. The largest absolute Gasteiger partial charge is 0.452 e. The van der Waals surface area contributed by atoms with E-state index in [-0.39, 0.29) is 0 Å². The zero-order valence-corrected chi connectivity index (χ0v) is 22.5. The van der Waals surface area contributed by atoms with Crippen molar-refractivity contribution in [2.75, 3.05) is 0 Å². The summed E-state index contributed by atoms with van der Waals surface area (Å²) in [4.78, 5) is 9.40. The van der Waals surface area contributed by atoms with Gasteiger partial charge in [0, 0.05) is 27.4 Å². The van der Waals surface area contributed by atoms with Crippen LogP contribution in [-0.4, -0.2) is 14.5 Å². The molecular weight excluding hydrogens is 514 g/mol. The normalized spacial score (nSPS) is 11.8. The summed E-state index contributed by atoms with van der Waals surface area (Å²) in [5, 5.41) is 5.92. The SMILES string of the molecule is c1cc(-c2ncnc3c2oc2ccc(-c4ccc5ccccc5c4)cc23)cc(-n2c3ccccc3c3ccccc32)c1. The van der Waals surface area contributed by atoms with Gasteiger partial charge in [0.25, 0.3) is 0 Å². The first-order chi connectivity index (χ1) is 20.8. The molecule has 3 aromatic heterocycles. The molecule has 0 saturated carbocycles. The average molecular weight is 538 g/mol. The Labute approximate surface area is 241 Å². The van der Waals surface area contributed by atoms with Crippen molar-refractivity contribution in [3.63, 3.8) is 0 Å². The van der Waals surface area contributed by atoms with Crippen LogP contribution in [0.15, 0.2) is 144 Å². The summed E-state index contributed by atoms with van der Waals surface area (Å²) in [7, 11) is 0. The van der Waals surface area contributed by atoms with Crippen LogP contribution in [0, 0.1) is 0 Å². The molecule has 0 fully saturated rings. The molecule has 3 heterocycles. The van der Waals surface area contributed by atoms with Gasteiger partial charge in [-0.15, -0.1) is 0 Å². The predicted octanol–water partition coefficient (Wildman–Crippen LogP) is 9.96. The van der Waals surface area contributed by atoms with Crippen LogP contribution in [0.2, 0.25) is 0 Å². The zero-order valence-electron chi connectivity index (χ0n) is 22.5. The minimum Gasteiger partial charge on any atom is -0.452 e. The van der Waals surface area contributed by atoms with Crippen molar-refractivity contribution in [1.29, 1.82) is 0 Å². The Bertz CT molecular complexity index is 2430. The molecule has 0 aliphatic heterocycles. The van der Waals surface area contributed by atoms with E-state index in [0.29, 0.717) is 5.58 Å². The molecule has 0 spiro atoms. The fourth-order valence-electron chi connectivity index (χ4n) is 6.32. The van der Waals surface area contributed by atoms with Gasteiger partial charge in [0.05, 0.1) is 11.0 Å². The molecule has 0 atom stereocenters. The molecule has 42 heavy (non-hydrogen) atoms. The minimum atomic E-state index is 0.697. The van der Waals surface area contributed by atoms with Crippen LogP contribution in [0.5, 0.6) is 0 Å². The smallest absolute Gasteiger partial charge is 0.180 e. The van der Waals surface area contributed by atoms with E-state index in [1.807, 2.05) is 6.07 Å². The van der Waals surface area contributed by atoms with Crippen molar-refractivity contribution in [3.05, 3.63) is 140 Å². The van der Waals surface area contributed by atoms with Crippen molar-refractivity contribution in [1.82, 2.24) is 14.5 Å². The van der Waals surface area contributed by atoms with Crippen LogP contribution < -0.4 is 0 Å². The highest BCUT2D eigenvalue weighted by Crippen LogP contribution is 2.37. The zero-order chi connectivity index (χ0) is 27.6. The van der Waals surface area contributed by atoms with Gasteiger partial charge in [-0.1, -0.05) is 91.0 Å². The fraction of sp³-hybridized carbons (Fsp3) is 0. The molecule has 0 N–H and O–H groups in total. The second-order valence-electron chi connectivity index (χ2n) is 10.7. The molecule has 0 saturated heterocycles. The van der Waals surface area contributed by atoms with Gasteiger partial charge in [0.2, 0.25) is 0 Å². The van der Waals surface area contributed by atoms with Crippen molar-refractivity contribution < 1.29 is 4.42 Å². The lowest BCUT2D eigenvalue weighted by atomic mass is 10.00. The molecule has 9 aromatic rings. The van der Waals surface area contributed by atoms with Crippen molar-refractivity contribution in [2.24, 2.45) is 0 Å². The summed E-state index contributed by atoms with van der Waals surface area (Å²) in [5.74, 6) is 0. The number of rotatable bonds is 3. The Morgan fingerprint density at radius 2 is 1.21 bits per heavy atom. The monoisotopic (exact) mass is 537 g/mol. The molecule has 0 unspecified atom stereocenters. The maximum absolute atomic E-state index is 6.44. The maximum Gasteiger partial charge on any atom is 0.180 e. The first-order valence-electron chi connectivity index (χ1n) is 14.1. The molecule has 6 aromatic carbocycles. The van der Waals surface area contributed by atoms with E-state index in [1.165, 1.54) is 32.6 Å². The number of nitrogens with zero attached hydrogens (tertiary/aromatic N) is 3. The Balaban J connectivity index is 1.20. The fourth-order valence-corrected chi connectivity index (χ4v) is 6.32. The van der Waals surface area contributed by atoms with E-state index >= 15 is 0 Å². The van der Waals surface area contributed by atoms with Gasteiger partial charge < -0.3 is 8.98 Å². The second kappa shape index (κ2) is 8.88. The average Bonchev–Trinajstić information content (AvgIpc) is 3.60. The standard InChI is InChI=1S/C38H23N3O/c1-2-9-25-20-26(17-16-24(25)8-1)27-18-19-35-32(22-27)37-38(42-35)36(39-23-40-37)28-10-7-11-29(21-28)41-33-14-5-3-12-30(33)31-13-4-6-15-34(31)41/h1-23H. The number of hydrogen-bond donors (Lipinski definition) is 0. The number of hydrogen-bond acceptors (Lipinski definition) is 3. The summed E-state index contributed by atoms with van der Waals surface area (Å²) < 4.78 is 8.76. The van der Waals surface area contributed by atoms with E-state index in [2.05, 4.69) is 137 Å².